The molecule has 0 spiro atoms. The summed E-state index contributed by atoms with van der Waals surface area (Å²) in [5.41, 5.74) is -0.0120. The Morgan fingerprint density at radius 1 is 1.67 bits per heavy atom. The molecule has 0 radical (unpaired) electrons. The van der Waals surface area contributed by atoms with E-state index in [4.69, 9.17) is 11.2 Å². The number of nitrogens with one attached hydrogen (secondary N) is 1. The summed E-state index contributed by atoms with van der Waals surface area (Å²) in [5, 5.41) is 4.63. The number of carbonyl (C=O) groups is 1. The second kappa shape index (κ2) is 4.32. The zero-order valence-electron chi connectivity index (χ0n) is 8.83. The van der Waals surface area contributed by atoms with Crippen LogP contribution in [0.3, 0.4) is 0 Å². The first-order valence-corrected chi connectivity index (χ1v) is 5.21. The third kappa shape index (κ3) is 4.00. The number of aromatic nitrogens is 1. The molecule has 0 fully saturated rings. The molecule has 1 N–H and O–H groups in total. The minimum atomic E-state index is -0.527. The van der Waals surface area contributed by atoms with Crippen molar-refractivity contribution in [2.24, 2.45) is 0 Å². The van der Waals surface area contributed by atoms with Crippen molar-refractivity contribution in [1.82, 2.24) is 4.98 Å². The molecule has 0 bridgehead atoms. The van der Waals surface area contributed by atoms with E-state index in [0.29, 0.717) is 10.8 Å². The van der Waals surface area contributed by atoms with Gasteiger partial charge in [0.25, 0.3) is 0 Å². The van der Waals surface area contributed by atoms with E-state index in [-0.39, 0.29) is 0 Å². The zero-order valence-corrected chi connectivity index (χ0v) is 9.64. The highest BCUT2D eigenvalue weighted by molar-refractivity contribution is 7.14. The van der Waals surface area contributed by atoms with Gasteiger partial charge >= 0.3 is 6.09 Å². The predicted molar refractivity (Wildman–Crippen MR) is 59.9 cm³/mol. The molecular weight excluding hydrogens is 212 g/mol. The summed E-state index contributed by atoms with van der Waals surface area (Å²) in [5.74, 6) is 2.38. The first-order valence-electron chi connectivity index (χ1n) is 4.33. The van der Waals surface area contributed by atoms with E-state index < -0.39 is 11.7 Å². The Bertz CT molecular complexity index is 398. The zero-order chi connectivity index (χ0) is 11.5. The van der Waals surface area contributed by atoms with Crippen LogP contribution in [-0.4, -0.2) is 16.7 Å². The van der Waals surface area contributed by atoms with Crippen molar-refractivity contribution < 1.29 is 9.53 Å². The number of terminal acetylenes is 1. The highest BCUT2D eigenvalue weighted by atomic mass is 32.1. The monoisotopic (exact) mass is 224 g/mol. The molecule has 15 heavy (non-hydrogen) atoms. The molecule has 0 aliphatic heterocycles. The largest absolute Gasteiger partial charge is 0.444 e. The van der Waals surface area contributed by atoms with E-state index in [9.17, 15) is 4.79 Å². The fourth-order valence-corrected chi connectivity index (χ4v) is 1.43. The van der Waals surface area contributed by atoms with Crippen LogP contribution in [0.5, 0.6) is 0 Å². The van der Waals surface area contributed by atoms with Crippen molar-refractivity contribution in [3.8, 4) is 12.3 Å². The van der Waals surface area contributed by atoms with Gasteiger partial charge in [0.2, 0.25) is 0 Å². The minimum absolute atomic E-state index is 0.442. The van der Waals surface area contributed by atoms with Crippen molar-refractivity contribution >= 4 is 22.6 Å². The van der Waals surface area contributed by atoms with Crippen LogP contribution in [-0.2, 0) is 4.74 Å². The molecule has 1 aromatic heterocycles. The first-order chi connectivity index (χ1) is 6.90. The van der Waals surface area contributed by atoms with E-state index in [0.717, 1.165) is 0 Å². The smallest absolute Gasteiger partial charge is 0.413 e. The van der Waals surface area contributed by atoms with Gasteiger partial charge in [-0.05, 0) is 26.7 Å². The Kier molecular flexibility index (Phi) is 3.32. The minimum Gasteiger partial charge on any atom is -0.444 e. The van der Waals surface area contributed by atoms with Crippen LogP contribution in [0.1, 0.15) is 26.5 Å². The van der Waals surface area contributed by atoms with Crippen LogP contribution >= 0.6 is 11.3 Å². The Morgan fingerprint density at radius 3 is 2.80 bits per heavy atom. The maximum Gasteiger partial charge on any atom is 0.413 e. The molecule has 1 aromatic rings. The van der Waals surface area contributed by atoms with Gasteiger partial charge in [0, 0.05) is 5.38 Å². The molecule has 0 saturated heterocycles. The van der Waals surface area contributed by atoms with Crippen LogP contribution in [0.2, 0.25) is 0 Å². The van der Waals surface area contributed by atoms with Gasteiger partial charge in [-0.15, -0.1) is 17.8 Å². The number of thiazole rings is 1. The van der Waals surface area contributed by atoms with E-state index in [2.05, 4.69) is 16.2 Å². The molecule has 0 aliphatic rings. The van der Waals surface area contributed by atoms with Gasteiger partial charge < -0.3 is 4.74 Å². The Hall–Kier alpha value is -1.54. The first kappa shape index (κ1) is 11.5. The number of anilines is 1. The number of carbonyl (C=O) groups excluding carboxylic acids is 1. The Morgan fingerprint density at radius 2 is 2.33 bits per heavy atom. The summed E-state index contributed by atoms with van der Waals surface area (Å²) in [6.07, 6.45) is 4.62. The number of rotatable bonds is 1. The molecule has 0 saturated carbocycles. The molecule has 0 aliphatic carbocycles. The molecule has 0 unspecified atom stereocenters. The number of hydrogen-bond acceptors (Lipinski definition) is 4. The van der Waals surface area contributed by atoms with Gasteiger partial charge in [-0.2, -0.15) is 0 Å². The molecule has 0 atom stereocenters. The van der Waals surface area contributed by atoms with Gasteiger partial charge in [-0.1, -0.05) is 0 Å². The normalized spacial score (nSPS) is 10.5. The van der Waals surface area contributed by atoms with E-state index in [1.165, 1.54) is 11.3 Å². The molecule has 80 valence electrons. The van der Waals surface area contributed by atoms with Crippen molar-refractivity contribution in [3.63, 3.8) is 0 Å². The summed E-state index contributed by atoms with van der Waals surface area (Å²) in [6.45, 7) is 5.38. The summed E-state index contributed by atoms with van der Waals surface area (Å²) in [6, 6.07) is 0. The van der Waals surface area contributed by atoms with Crippen molar-refractivity contribution in [2.75, 3.05) is 5.32 Å². The summed E-state index contributed by atoms with van der Waals surface area (Å²) >= 11 is 1.26. The van der Waals surface area contributed by atoms with Gasteiger partial charge in [0.05, 0.1) is 0 Å². The number of amides is 1. The van der Waals surface area contributed by atoms with Gasteiger partial charge in [-0.25, -0.2) is 9.78 Å². The Labute approximate surface area is 92.7 Å². The lowest BCUT2D eigenvalue weighted by Gasteiger charge is -2.18. The SMILES string of the molecule is C#Cc1csc(NC(=O)OC(C)(C)C)n1. The highest BCUT2D eigenvalue weighted by Gasteiger charge is 2.16. The second-order valence-electron chi connectivity index (χ2n) is 3.81. The molecule has 1 heterocycles. The number of ether oxygens (including phenoxy) is 1. The maximum atomic E-state index is 11.3. The fourth-order valence-electron chi connectivity index (χ4n) is 0.788. The standard InChI is InChI=1S/C10H12N2O2S/c1-5-7-6-15-8(11-7)12-9(13)14-10(2,3)4/h1,6H,2-4H3,(H,11,12,13). The highest BCUT2D eigenvalue weighted by Crippen LogP contribution is 2.16. The van der Waals surface area contributed by atoms with Crippen LogP contribution < -0.4 is 5.32 Å². The summed E-state index contributed by atoms with van der Waals surface area (Å²) in [4.78, 5) is 15.3. The lowest BCUT2D eigenvalue weighted by molar-refractivity contribution is 0.0636. The van der Waals surface area contributed by atoms with Crippen molar-refractivity contribution in [2.45, 2.75) is 26.4 Å². The van der Waals surface area contributed by atoms with Crippen LogP contribution in [0.15, 0.2) is 5.38 Å². The topological polar surface area (TPSA) is 51.2 Å². The van der Waals surface area contributed by atoms with Crippen molar-refractivity contribution in [3.05, 3.63) is 11.1 Å². The number of nitrogens with zero attached hydrogens (tertiary/aromatic N) is 1. The number of hydrogen-bond donors (Lipinski definition) is 1. The maximum absolute atomic E-state index is 11.3. The third-order valence-corrected chi connectivity index (χ3v) is 2.02. The second-order valence-corrected chi connectivity index (χ2v) is 4.67. The van der Waals surface area contributed by atoms with Gasteiger partial charge in [0.1, 0.15) is 11.3 Å². The molecule has 1 rings (SSSR count). The van der Waals surface area contributed by atoms with Gasteiger partial charge in [-0.3, -0.25) is 5.32 Å². The molecule has 0 aromatic carbocycles. The lowest BCUT2D eigenvalue weighted by Crippen LogP contribution is -2.27. The fraction of sp³-hybridized carbons (Fsp3) is 0.400. The molecular formula is C10H12N2O2S. The Balaban J connectivity index is 2.56. The predicted octanol–water partition coefficient (Wildman–Crippen LogP) is 2.47. The molecule has 1 amide bonds. The average Bonchev–Trinajstić information content (AvgIpc) is 2.48. The van der Waals surface area contributed by atoms with E-state index in [1.807, 2.05) is 0 Å². The summed E-state index contributed by atoms with van der Waals surface area (Å²) < 4.78 is 5.05. The molecule has 5 heteroatoms. The molecule has 4 nitrogen and oxygen atoms in total. The van der Waals surface area contributed by atoms with E-state index in [1.54, 1.807) is 26.2 Å². The summed E-state index contributed by atoms with van der Waals surface area (Å²) in [7, 11) is 0. The van der Waals surface area contributed by atoms with Crippen molar-refractivity contribution in [1.29, 1.82) is 0 Å². The average molecular weight is 224 g/mol. The van der Waals surface area contributed by atoms with Crippen LogP contribution in [0, 0.1) is 12.3 Å². The van der Waals surface area contributed by atoms with E-state index >= 15 is 0 Å². The van der Waals surface area contributed by atoms with Crippen LogP contribution in [0.4, 0.5) is 9.93 Å². The lowest BCUT2D eigenvalue weighted by atomic mass is 10.2. The van der Waals surface area contributed by atoms with Crippen LogP contribution in [0.25, 0.3) is 0 Å². The van der Waals surface area contributed by atoms with Gasteiger partial charge in [0.15, 0.2) is 5.13 Å². The quantitative estimate of drug-likeness (QED) is 0.745. The third-order valence-electron chi connectivity index (χ3n) is 1.26.